The van der Waals surface area contributed by atoms with Gasteiger partial charge in [0.2, 0.25) is 5.91 Å². The molecule has 2 saturated heterocycles. The van der Waals surface area contributed by atoms with Crippen LogP contribution in [0.1, 0.15) is 12.5 Å². The third-order valence-corrected chi connectivity index (χ3v) is 5.34. The van der Waals surface area contributed by atoms with Gasteiger partial charge in [0.05, 0.1) is 4.91 Å². The fourth-order valence-electron chi connectivity index (χ4n) is 2.89. The summed E-state index contributed by atoms with van der Waals surface area (Å²) in [6, 6.07) is 9.36. The molecule has 2 aliphatic heterocycles. The third kappa shape index (κ3) is 4.11. The van der Waals surface area contributed by atoms with Crippen LogP contribution < -0.4 is 0 Å². The zero-order chi connectivity index (χ0) is 17.8. The second kappa shape index (κ2) is 7.84. The number of amides is 3. The van der Waals surface area contributed by atoms with Crippen molar-refractivity contribution in [3.8, 4) is 0 Å². The lowest BCUT2D eigenvalue weighted by molar-refractivity contribution is -0.137. The van der Waals surface area contributed by atoms with Crippen LogP contribution in [0.3, 0.4) is 0 Å². The standard InChI is InChI=1S/C18H21N3O3S/c1-2-19-8-10-20(11-9-19)16(22)13-21-17(23)15(25-18(21)24)12-14-6-4-3-5-7-14/h3-7,12H,2,8-11,13H2,1H3/b15-12+. The Labute approximate surface area is 151 Å². The molecule has 0 aliphatic carbocycles. The van der Waals surface area contributed by atoms with Crippen molar-refractivity contribution in [2.45, 2.75) is 6.92 Å². The van der Waals surface area contributed by atoms with Gasteiger partial charge < -0.3 is 9.80 Å². The van der Waals surface area contributed by atoms with Gasteiger partial charge in [-0.15, -0.1) is 0 Å². The van der Waals surface area contributed by atoms with Crippen LogP contribution in [0.2, 0.25) is 0 Å². The highest BCUT2D eigenvalue weighted by atomic mass is 32.2. The molecule has 25 heavy (non-hydrogen) atoms. The molecule has 2 fully saturated rings. The van der Waals surface area contributed by atoms with E-state index in [2.05, 4.69) is 11.8 Å². The molecule has 0 atom stereocenters. The largest absolute Gasteiger partial charge is 0.339 e. The number of thioether (sulfide) groups is 1. The van der Waals surface area contributed by atoms with Crippen LogP contribution in [0, 0.1) is 0 Å². The summed E-state index contributed by atoms with van der Waals surface area (Å²) in [5.41, 5.74) is 0.856. The molecule has 0 saturated carbocycles. The lowest BCUT2D eigenvalue weighted by Gasteiger charge is -2.34. The van der Waals surface area contributed by atoms with E-state index < -0.39 is 0 Å². The molecule has 1 aromatic rings. The summed E-state index contributed by atoms with van der Waals surface area (Å²) in [4.78, 5) is 42.5. The number of hydrogen-bond acceptors (Lipinski definition) is 5. The Morgan fingerprint density at radius 2 is 1.80 bits per heavy atom. The monoisotopic (exact) mass is 359 g/mol. The first-order chi connectivity index (χ1) is 12.1. The molecule has 0 unspecified atom stereocenters. The maximum atomic E-state index is 12.5. The van der Waals surface area contributed by atoms with Gasteiger partial charge in [0, 0.05) is 26.2 Å². The number of benzene rings is 1. The van der Waals surface area contributed by atoms with E-state index in [1.807, 2.05) is 30.3 Å². The van der Waals surface area contributed by atoms with Gasteiger partial charge in [-0.25, -0.2) is 0 Å². The lowest BCUT2D eigenvalue weighted by atomic mass is 10.2. The quantitative estimate of drug-likeness (QED) is 0.769. The van der Waals surface area contributed by atoms with E-state index >= 15 is 0 Å². The molecule has 3 amide bonds. The van der Waals surface area contributed by atoms with Crippen LogP contribution in [0.4, 0.5) is 4.79 Å². The number of imide groups is 1. The minimum atomic E-state index is -0.389. The fraction of sp³-hybridized carbons (Fsp3) is 0.389. The Morgan fingerprint density at radius 1 is 1.12 bits per heavy atom. The normalized spacial score (nSPS) is 20.6. The zero-order valence-corrected chi connectivity index (χ0v) is 15.0. The van der Waals surface area contributed by atoms with Gasteiger partial charge in [0.15, 0.2) is 0 Å². The van der Waals surface area contributed by atoms with Gasteiger partial charge in [-0.1, -0.05) is 37.3 Å². The van der Waals surface area contributed by atoms with E-state index in [4.69, 9.17) is 0 Å². The molecule has 3 rings (SSSR count). The Balaban J connectivity index is 1.63. The number of piperazine rings is 1. The molecule has 0 aromatic heterocycles. The van der Waals surface area contributed by atoms with Crippen molar-refractivity contribution < 1.29 is 14.4 Å². The summed E-state index contributed by atoms with van der Waals surface area (Å²) in [6.45, 7) is 5.83. The Hall–Kier alpha value is -2.12. The van der Waals surface area contributed by atoms with Crippen molar-refractivity contribution >= 4 is 34.9 Å². The summed E-state index contributed by atoms with van der Waals surface area (Å²) in [5, 5.41) is -0.382. The van der Waals surface area contributed by atoms with Crippen LogP contribution in [0.5, 0.6) is 0 Å². The average Bonchev–Trinajstić information content (AvgIpc) is 2.90. The number of likely N-dealkylation sites (N-methyl/N-ethyl adjacent to an activating group) is 1. The minimum Gasteiger partial charge on any atom is -0.339 e. The highest BCUT2D eigenvalue weighted by Gasteiger charge is 2.37. The summed E-state index contributed by atoms with van der Waals surface area (Å²) < 4.78 is 0. The molecule has 2 heterocycles. The van der Waals surface area contributed by atoms with E-state index in [-0.39, 0.29) is 23.6 Å². The predicted molar refractivity (Wildman–Crippen MR) is 97.8 cm³/mol. The van der Waals surface area contributed by atoms with Crippen molar-refractivity contribution in [3.63, 3.8) is 0 Å². The van der Waals surface area contributed by atoms with Crippen LogP contribution >= 0.6 is 11.8 Å². The first-order valence-electron chi connectivity index (χ1n) is 8.39. The highest BCUT2D eigenvalue weighted by molar-refractivity contribution is 8.18. The Kier molecular flexibility index (Phi) is 5.55. The Morgan fingerprint density at radius 3 is 2.44 bits per heavy atom. The maximum absolute atomic E-state index is 12.5. The van der Waals surface area contributed by atoms with Gasteiger partial charge in [0.1, 0.15) is 6.54 Å². The molecule has 1 aromatic carbocycles. The van der Waals surface area contributed by atoms with Crippen molar-refractivity contribution in [2.75, 3.05) is 39.3 Å². The van der Waals surface area contributed by atoms with E-state index in [0.717, 1.165) is 41.9 Å². The first-order valence-corrected chi connectivity index (χ1v) is 9.20. The van der Waals surface area contributed by atoms with E-state index in [1.165, 1.54) is 0 Å². The molecule has 0 N–H and O–H groups in total. The molecular weight excluding hydrogens is 338 g/mol. The highest BCUT2D eigenvalue weighted by Crippen LogP contribution is 2.32. The number of carbonyl (C=O) groups is 3. The molecule has 0 bridgehead atoms. The Bertz CT molecular complexity index is 697. The van der Waals surface area contributed by atoms with Crippen molar-refractivity contribution in [2.24, 2.45) is 0 Å². The van der Waals surface area contributed by atoms with E-state index in [1.54, 1.807) is 11.0 Å². The summed E-state index contributed by atoms with van der Waals surface area (Å²) in [6.07, 6.45) is 1.69. The number of rotatable bonds is 4. The van der Waals surface area contributed by atoms with Crippen molar-refractivity contribution in [3.05, 3.63) is 40.8 Å². The smallest absolute Gasteiger partial charge is 0.294 e. The molecule has 2 aliphatic rings. The lowest BCUT2D eigenvalue weighted by Crippen LogP contribution is -2.51. The second-order valence-corrected chi connectivity index (χ2v) is 6.99. The minimum absolute atomic E-state index is 0.168. The van der Waals surface area contributed by atoms with Gasteiger partial charge >= 0.3 is 0 Å². The summed E-state index contributed by atoms with van der Waals surface area (Å²) in [7, 11) is 0. The SMILES string of the molecule is CCN1CCN(C(=O)CN2C(=O)S/C(=C/c3ccccc3)C2=O)CC1. The molecule has 7 heteroatoms. The van der Waals surface area contributed by atoms with E-state index in [9.17, 15) is 14.4 Å². The van der Waals surface area contributed by atoms with Gasteiger partial charge in [-0.3, -0.25) is 19.3 Å². The second-order valence-electron chi connectivity index (χ2n) is 5.99. The zero-order valence-electron chi connectivity index (χ0n) is 14.2. The molecule has 132 valence electrons. The molecule has 6 nitrogen and oxygen atoms in total. The van der Waals surface area contributed by atoms with Gasteiger partial charge in [-0.2, -0.15) is 0 Å². The molecular formula is C18H21N3O3S. The summed E-state index contributed by atoms with van der Waals surface area (Å²) >= 11 is 0.889. The van der Waals surface area contributed by atoms with Crippen LogP contribution in [0.25, 0.3) is 6.08 Å². The topological polar surface area (TPSA) is 60.9 Å². The third-order valence-electron chi connectivity index (χ3n) is 4.44. The van der Waals surface area contributed by atoms with Gasteiger partial charge in [0.25, 0.3) is 11.1 Å². The first kappa shape index (κ1) is 17.7. The summed E-state index contributed by atoms with van der Waals surface area (Å²) in [5.74, 6) is -0.557. The number of hydrogen-bond donors (Lipinski definition) is 0. The van der Waals surface area contributed by atoms with E-state index in [0.29, 0.717) is 18.0 Å². The van der Waals surface area contributed by atoms with Crippen molar-refractivity contribution in [1.82, 2.24) is 14.7 Å². The van der Waals surface area contributed by atoms with Crippen molar-refractivity contribution in [1.29, 1.82) is 0 Å². The fourth-order valence-corrected chi connectivity index (χ4v) is 3.72. The molecule has 0 radical (unpaired) electrons. The maximum Gasteiger partial charge on any atom is 0.294 e. The average molecular weight is 359 g/mol. The van der Waals surface area contributed by atoms with Gasteiger partial charge in [-0.05, 0) is 29.9 Å². The number of carbonyl (C=O) groups excluding carboxylic acids is 3. The van der Waals surface area contributed by atoms with Crippen LogP contribution in [0.15, 0.2) is 35.2 Å². The number of nitrogens with zero attached hydrogens (tertiary/aromatic N) is 3. The van der Waals surface area contributed by atoms with Crippen LogP contribution in [-0.2, 0) is 9.59 Å². The predicted octanol–water partition coefficient (Wildman–Crippen LogP) is 1.89. The van der Waals surface area contributed by atoms with Crippen LogP contribution in [-0.4, -0.2) is 71.0 Å². The molecule has 0 spiro atoms.